The molecule has 3 aromatic rings. The van der Waals surface area contributed by atoms with Crippen molar-refractivity contribution in [2.24, 2.45) is 0 Å². The van der Waals surface area contributed by atoms with Gasteiger partial charge in [-0.1, -0.05) is 18.2 Å². The second-order valence-electron chi connectivity index (χ2n) is 8.18. The Morgan fingerprint density at radius 2 is 1.81 bits per heavy atom. The number of carbonyl (C=O) groups excluding carboxylic acids is 1. The summed E-state index contributed by atoms with van der Waals surface area (Å²) in [6, 6.07) is 10.9. The Bertz CT molecular complexity index is 1240. The van der Waals surface area contributed by atoms with Gasteiger partial charge in [-0.3, -0.25) is 14.5 Å². The maximum absolute atomic E-state index is 13.4. The lowest BCUT2D eigenvalue weighted by Gasteiger charge is -2.33. The molecule has 0 atom stereocenters. The largest absolute Gasteiger partial charge is 0.335 e. The standard InChI is InChI=1S/C22H25N5O3S/c1-16-8-9-17-5-4-7-20(21(17)23-16)31(29,30)26-13-11-25(12-14-26)22(28)19-15-18-6-2-3-10-27(18)24-19/h4-5,7-9,15H,2-3,6,10-14H2,1H3. The summed E-state index contributed by atoms with van der Waals surface area (Å²) in [5.74, 6) is -0.124. The van der Waals surface area contributed by atoms with E-state index in [1.807, 2.05) is 35.9 Å². The Morgan fingerprint density at radius 3 is 2.58 bits per heavy atom. The molecule has 9 heteroatoms. The van der Waals surface area contributed by atoms with Crippen molar-refractivity contribution in [2.75, 3.05) is 26.2 Å². The number of piperazine rings is 1. The summed E-state index contributed by atoms with van der Waals surface area (Å²) < 4.78 is 30.1. The minimum Gasteiger partial charge on any atom is -0.335 e. The molecule has 0 unspecified atom stereocenters. The molecule has 2 aliphatic rings. The first-order valence-electron chi connectivity index (χ1n) is 10.7. The molecule has 0 N–H and O–H groups in total. The average molecular weight is 440 g/mol. The van der Waals surface area contributed by atoms with E-state index in [9.17, 15) is 13.2 Å². The second kappa shape index (κ2) is 7.72. The Kier molecular flexibility index (Phi) is 5.02. The van der Waals surface area contributed by atoms with Crippen molar-refractivity contribution in [2.45, 2.75) is 37.6 Å². The van der Waals surface area contributed by atoms with Gasteiger partial charge in [0.05, 0.1) is 5.52 Å². The normalized spacial score (nSPS) is 17.6. The summed E-state index contributed by atoms with van der Waals surface area (Å²) in [5, 5.41) is 5.26. The van der Waals surface area contributed by atoms with E-state index in [2.05, 4.69) is 10.1 Å². The monoisotopic (exact) mass is 439 g/mol. The van der Waals surface area contributed by atoms with Crippen LogP contribution in [-0.4, -0.2) is 64.5 Å². The number of para-hydroxylation sites is 1. The minimum atomic E-state index is -3.71. The number of aromatic nitrogens is 3. The molecule has 31 heavy (non-hydrogen) atoms. The lowest BCUT2D eigenvalue weighted by Crippen LogP contribution is -2.50. The molecule has 0 bridgehead atoms. The lowest BCUT2D eigenvalue weighted by molar-refractivity contribution is 0.0691. The molecule has 2 aliphatic heterocycles. The Morgan fingerprint density at radius 1 is 1.00 bits per heavy atom. The topological polar surface area (TPSA) is 88.4 Å². The van der Waals surface area contributed by atoms with Gasteiger partial charge in [-0.2, -0.15) is 9.40 Å². The van der Waals surface area contributed by atoms with Crippen LogP contribution < -0.4 is 0 Å². The third-order valence-electron chi connectivity index (χ3n) is 6.10. The molecule has 8 nitrogen and oxygen atoms in total. The van der Waals surface area contributed by atoms with E-state index >= 15 is 0 Å². The number of pyridine rings is 1. The Balaban J connectivity index is 1.34. The zero-order valence-corrected chi connectivity index (χ0v) is 18.3. The zero-order chi connectivity index (χ0) is 21.6. The van der Waals surface area contributed by atoms with Crippen molar-refractivity contribution in [1.82, 2.24) is 24.0 Å². The van der Waals surface area contributed by atoms with Gasteiger partial charge in [-0.25, -0.2) is 8.42 Å². The number of aryl methyl sites for hydroxylation is 3. The predicted octanol–water partition coefficient (Wildman–Crippen LogP) is 2.22. The molecule has 1 amide bonds. The number of nitrogens with zero attached hydrogens (tertiary/aromatic N) is 5. The highest BCUT2D eigenvalue weighted by atomic mass is 32.2. The Hall–Kier alpha value is -2.78. The first-order chi connectivity index (χ1) is 14.9. The molecule has 0 radical (unpaired) electrons. The van der Waals surface area contributed by atoms with Crippen LogP contribution in [-0.2, 0) is 23.0 Å². The summed E-state index contributed by atoms with van der Waals surface area (Å²) in [6.07, 6.45) is 3.16. The van der Waals surface area contributed by atoms with E-state index in [1.54, 1.807) is 17.0 Å². The van der Waals surface area contributed by atoms with Crippen molar-refractivity contribution in [3.8, 4) is 0 Å². The minimum absolute atomic E-state index is 0.124. The first kappa shape index (κ1) is 20.1. The van der Waals surface area contributed by atoms with E-state index in [4.69, 9.17) is 0 Å². The molecule has 0 saturated carbocycles. The third kappa shape index (κ3) is 3.61. The third-order valence-corrected chi connectivity index (χ3v) is 8.03. The van der Waals surface area contributed by atoms with Crippen LogP contribution in [0.1, 0.15) is 34.7 Å². The van der Waals surface area contributed by atoms with Crippen LogP contribution in [0.4, 0.5) is 0 Å². The van der Waals surface area contributed by atoms with Crippen LogP contribution >= 0.6 is 0 Å². The maximum atomic E-state index is 13.4. The van der Waals surface area contributed by atoms with E-state index in [-0.39, 0.29) is 23.9 Å². The zero-order valence-electron chi connectivity index (χ0n) is 17.5. The van der Waals surface area contributed by atoms with Gasteiger partial charge in [0, 0.05) is 49.5 Å². The van der Waals surface area contributed by atoms with Gasteiger partial charge >= 0.3 is 0 Å². The molecule has 162 valence electrons. The summed E-state index contributed by atoms with van der Waals surface area (Å²) in [6.45, 7) is 3.90. The molecule has 1 saturated heterocycles. The summed E-state index contributed by atoms with van der Waals surface area (Å²) >= 11 is 0. The van der Waals surface area contributed by atoms with Gasteiger partial charge in [0.2, 0.25) is 10.0 Å². The fourth-order valence-corrected chi connectivity index (χ4v) is 5.96. The van der Waals surface area contributed by atoms with Gasteiger partial charge in [-0.05, 0) is 44.4 Å². The highest BCUT2D eigenvalue weighted by Crippen LogP contribution is 2.26. The molecule has 5 rings (SSSR count). The molecule has 0 spiro atoms. The number of hydrogen-bond donors (Lipinski definition) is 0. The summed E-state index contributed by atoms with van der Waals surface area (Å²) in [7, 11) is -3.71. The Labute approximate surface area is 181 Å². The molecular formula is C22H25N5O3S. The van der Waals surface area contributed by atoms with Crippen molar-refractivity contribution < 1.29 is 13.2 Å². The summed E-state index contributed by atoms with van der Waals surface area (Å²) in [5.41, 5.74) is 2.83. The van der Waals surface area contributed by atoms with E-state index < -0.39 is 10.0 Å². The van der Waals surface area contributed by atoms with Crippen LogP contribution in [0.15, 0.2) is 41.3 Å². The number of amides is 1. The van der Waals surface area contributed by atoms with Crippen LogP contribution in [0.5, 0.6) is 0 Å². The highest BCUT2D eigenvalue weighted by Gasteiger charge is 2.32. The van der Waals surface area contributed by atoms with E-state index in [0.29, 0.717) is 24.3 Å². The van der Waals surface area contributed by atoms with Gasteiger partial charge in [0.15, 0.2) is 5.69 Å². The lowest BCUT2D eigenvalue weighted by atomic mass is 10.1. The number of carbonyl (C=O) groups is 1. The quantitative estimate of drug-likeness (QED) is 0.624. The number of rotatable bonds is 3. The molecule has 1 aromatic carbocycles. The van der Waals surface area contributed by atoms with Crippen molar-refractivity contribution in [1.29, 1.82) is 0 Å². The molecule has 1 fully saturated rings. The van der Waals surface area contributed by atoms with E-state index in [0.717, 1.165) is 42.6 Å². The number of sulfonamides is 1. The van der Waals surface area contributed by atoms with Crippen LogP contribution in [0.3, 0.4) is 0 Å². The molecule has 4 heterocycles. The van der Waals surface area contributed by atoms with E-state index in [1.165, 1.54) is 4.31 Å². The first-order valence-corrected chi connectivity index (χ1v) is 12.1. The van der Waals surface area contributed by atoms with Gasteiger partial charge in [-0.15, -0.1) is 0 Å². The maximum Gasteiger partial charge on any atom is 0.274 e. The number of hydrogen-bond acceptors (Lipinski definition) is 5. The smallest absolute Gasteiger partial charge is 0.274 e. The van der Waals surface area contributed by atoms with Gasteiger partial charge < -0.3 is 4.90 Å². The van der Waals surface area contributed by atoms with Crippen LogP contribution in [0.2, 0.25) is 0 Å². The number of fused-ring (bicyclic) bond motifs is 2. The highest BCUT2D eigenvalue weighted by molar-refractivity contribution is 7.89. The molecule has 2 aromatic heterocycles. The van der Waals surface area contributed by atoms with Crippen molar-refractivity contribution in [3.05, 3.63) is 53.5 Å². The fraction of sp³-hybridized carbons (Fsp3) is 0.409. The number of benzene rings is 1. The average Bonchev–Trinajstić information content (AvgIpc) is 3.22. The van der Waals surface area contributed by atoms with Gasteiger partial charge in [0.1, 0.15) is 4.90 Å². The fourth-order valence-electron chi connectivity index (χ4n) is 4.38. The van der Waals surface area contributed by atoms with Crippen LogP contribution in [0, 0.1) is 6.92 Å². The molecular weight excluding hydrogens is 414 g/mol. The second-order valence-corrected chi connectivity index (χ2v) is 10.1. The molecule has 0 aliphatic carbocycles. The van der Waals surface area contributed by atoms with Crippen molar-refractivity contribution in [3.63, 3.8) is 0 Å². The van der Waals surface area contributed by atoms with Crippen molar-refractivity contribution >= 4 is 26.8 Å². The SMILES string of the molecule is Cc1ccc2cccc(S(=O)(=O)N3CCN(C(=O)c4cc5n(n4)CCCC5)CC3)c2n1. The van der Waals surface area contributed by atoms with Gasteiger partial charge in [0.25, 0.3) is 5.91 Å². The summed E-state index contributed by atoms with van der Waals surface area (Å²) in [4.78, 5) is 19.3. The van der Waals surface area contributed by atoms with Crippen LogP contribution in [0.25, 0.3) is 10.9 Å². The predicted molar refractivity (Wildman–Crippen MR) is 116 cm³/mol.